The number of esters is 1. The van der Waals surface area contributed by atoms with Crippen LogP contribution in [0, 0.1) is 0 Å². The number of hydrogen-bond donors (Lipinski definition) is 1. The molecule has 1 amide bonds. The average molecular weight is 409 g/mol. The summed E-state index contributed by atoms with van der Waals surface area (Å²) in [4.78, 5) is 24.6. The molecule has 1 N–H and O–H groups in total. The molecule has 0 spiro atoms. The number of benzene rings is 3. The van der Waals surface area contributed by atoms with E-state index in [1.165, 1.54) is 0 Å². The summed E-state index contributed by atoms with van der Waals surface area (Å²) in [6.07, 6.45) is 0. The summed E-state index contributed by atoms with van der Waals surface area (Å²) in [6, 6.07) is 16.0. The molecule has 0 bridgehead atoms. The van der Waals surface area contributed by atoms with Crippen LogP contribution in [0.25, 0.3) is 10.8 Å². The number of ether oxygens (including phenoxy) is 4. The first-order chi connectivity index (χ1) is 14.6. The summed E-state index contributed by atoms with van der Waals surface area (Å²) in [5.41, 5.74) is 1.20. The first-order valence-corrected chi connectivity index (χ1v) is 9.27. The Morgan fingerprint density at radius 1 is 0.800 bits per heavy atom. The smallest absolute Gasteiger partial charge is 0.339 e. The minimum absolute atomic E-state index is 0.266. The second kappa shape index (κ2) is 9.65. The van der Waals surface area contributed by atoms with Gasteiger partial charge in [-0.2, -0.15) is 0 Å². The first kappa shape index (κ1) is 21.0. The lowest BCUT2D eigenvalue weighted by molar-refractivity contribution is -0.124. The summed E-state index contributed by atoms with van der Waals surface area (Å²) in [6.45, 7) is -0.116. The highest BCUT2D eigenvalue weighted by molar-refractivity contribution is 6.06. The fourth-order valence-corrected chi connectivity index (χ4v) is 3.08. The van der Waals surface area contributed by atoms with Crippen molar-refractivity contribution in [1.82, 2.24) is 5.32 Å². The second-order valence-corrected chi connectivity index (χ2v) is 6.40. The molecule has 0 saturated heterocycles. The Morgan fingerprint density at radius 2 is 1.47 bits per heavy atom. The highest BCUT2D eigenvalue weighted by Crippen LogP contribution is 2.29. The number of fused-ring (bicyclic) bond motifs is 1. The molecule has 3 aromatic carbocycles. The zero-order valence-corrected chi connectivity index (χ0v) is 17.1. The van der Waals surface area contributed by atoms with Crippen molar-refractivity contribution in [1.29, 1.82) is 0 Å². The Hall–Kier alpha value is -3.74. The van der Waals surface area contributed by atoms with Crippen molar-refractivity contribution in [3.8, 4) is 17.2 Å². The van der Waals surface area contributed by atoms with E-state index >= 15 is 0 Å². The normalized spacial score (nSPS) is 10.4. The molecule has 0 aliphatic carbocycles. The van der Waals surface area contributed by atoms with Crippen LogP contribution in [0.15, 0.2) is 54.6 Å². The van der Waals surface area contributed by atoms with Crippen LogP contribution in [-0.4, -0.2) is 39.8 Å². The largest absolute Gasteiger partial charge is 0.496 e. The van der Waals surface area contributed by atoms with Crippen LogP contribution in [-0.2, 0) is 16.1 Å². The number of hydrogen-bond acceptors (Lipinski definition) is 6. The van der Waals surface area contributed by atoms with Gasteiger partial charge in [-0.05, 0) is 35.2 Å². The van der Waals surface area contributed by atoms with Gasteiger partial charge in [-0.25, -0.2) is 4.79 Å². The van der Waals surface area contributed by atoms with Gasteiger partial charge < -0.3 is 24.3 Å². The number of amides is 1. The van der Waals surface area contributed by atoms with Gasteiger partial charge in [0, 0.05) is 11.9 Å². The molecule has 156 valence electrons. The van der Waals surface area contributed by atoms with Gasteiger partial charge in [-0.1, -0.05) is 30.3 Å². The van der Waals surface area contributed by atoms with E-state index in [1.807, 2.05) is 30.3 Å². The number of methoxy groups -OCH3 is 3. The number of carbonyl (C=O) groups excluding carboxylic acids is 2. The zero-order chi connectivity index (χ0) is 21.5. The van der Waals surface area contributed by atoms with E-state index in [4.69, 9.17) is 18.9 Å². The minimum atomic E-state index is -0.574. The summed E-state index contributed by atoms with van der Waals surface area (Å²) in [7, 11) is 4.67. The number of carbonyl (C=O) groups is 2. The molecule has 3 rings (SSSR count). The van der Waals surface area contributed by atoms with E-state index < -0.39 is 11.9 Å². The molecule has 3 aromatic rings. The standard InChI is InChI=1S/C23H23NO6/c1-27-19-11-9-18(16-6-4-5-7-17(16)19)23(26)30-14-22(25)24-13-15-8-10-20(28-2)21(12-15)29-3/h4-12H,13-14H2,1-3H3,(H,24,25). The van der Waals surface area contributed by atoms with Gasteiger partial charge in [0.1, 0.15) is 5.75 Å². The Kier molecular flexibility index (Phi) is 6.75. The molecule has 0 heterocycles. The van der Waals surface area contributed by atoms with E-state index in [0.29, 0.717) is 28.2 Å². The highest BCUT2D eigenvalue weighted by atomic mass is 16.5. The fourth-order valence-electron chi connectivity index (χ4n) is 3.08. The molecular weight excluding hydrogens is 386 g/mol. The minimum Gasteiger partial charge on any atom is -0.496 e. The van der Waals surface area contributed by atoms with Crippen LogP contribution in [0.5, 0.6) is 17.2 Å². The molecule has 0 aromatic heterocycles. The molecule has 0 fully saturated rings. The van der Waals surface area contributed by atoms with Crippen molar-refractivity contribution in [2.75, 3.05) is 27.9 Å². The quantitative estimate of drug-likeness (QED) is 0.575. The topological polar surface area (TPSA) is 83.1 Å². The third-order valence-electron chi connectivity index (χ3n) is 4.60. The molecule has 0 aliphatic heterocycles. The average Bonchev–Trinajstić information content (AvgIpc) is 2.80. The molecule has 0 unspecified atom stereocenters. The molecule has 7 nitrogen and oxygen atoms in total. The third-order valence-corrected chi connectivity index (χ3v) is 4.60. The first-order valence-electron chi connectivity index (χ1n) is 9.27. The van der Waals surface area contributed by atoms with E-state index in [9.17, 15) is 9.59 Å². The molecular formula is C23H23NO6. The Balaban J connectivity index is 1.60. The maximum atomic E-state index is 12.5. The van der Waals surface area contributed by atoms with Crippen LogP contribution >= 0.6 is 0 Å². The van der Waals surface area contributed by atoms with Crippen LogP contribution < -0.4 is 19.5 Å². The predicted molar refractivity (Wildman–Crippen MR) is 112 cm³/mol. The number of rotatable bonds is 8. The molecule has 0 saturated carbocycles. The van der Waals surface area contributed by atoms with Crippen molar-refractivity contribution in [3.63, 3.8) is 0 Å². The molecule has 0 atom stereocenters. The molecule has 7 heteroatoms. The summed E-state index contributed by atoms with van der Waals surface area (Å²) >= 11 is 0. The van der Waals surface area contributed by atoms with Gasteiger partial charge in [-0.15, -0.1) is 0 Å². The van der Waals surface area contributed by atoms with Crippen LogP contribution in [0.1, 0.15) is 15.9 Å². The SMILES string of the molecule is COc1ccc(CNC(=O)COC(=O)c2ccc(OC)c3ccccc23)cc1OC. The van der Waals surface area contributed by atoms with Crippen LogP contribution in [0.2, 0.25) is 0 Å². The van der Waals surface area contributed by atoms with Crippen molar-refractivity contribution in [3.05, 3.63) is 65.7 Å². The molecule has 30 heavy (non-hydrogen) atoms. The van der Waals surface area contributed by atoms with Gasteiger partial charge in [0.2, 0.25) is 0 Å². The third kappa shape index (κ3) is 4.63. The van der Waals surface area contributed by atoms with Crippen molar-refractivity contribution < 1.29 is 28.5 Å². The van der Waals surface area contributed by atoms with Crippen LogP contribution in [0.3, 0.4) is 0 Å². The summed E-state index contributed by atoms with van der Waals surface area (Å²) < 4.78 is 21.0. The van der Waals surface area contributed by atoms with Crippen LogP contribution in [0.4, 0.5) is 0 Å². The lowest BCUT2D eigenvalue weighted by Gasteiger charge is -2.11. The van der Waals surface area contributed by atoms with E-state index in [2.05, 4.69) is 5.32 Å². The van der Waals surface area contributed by atoms with Gasteiger partial charge in [0.25, 0.3) is 5.91 Å². The van der Waals surface area contributed by atoms with Gasteiger partial charge in [-0.3, -0.25) is 4.79 Å². The fraction of sp³-hybridized carbons (Fsp3) is 0.217. The van der Waals surface area contributed by atoms with Crippen molar-refractivity contribution in [2.24, 2.45) is 0 Å². The lowest BCUT2D eigenvalue weighted by Crippen LogP contribution is -2.28. The second-order valence-electron chi connectivity index (χ2n) is 6.40. The van der Waals surface area contributed by atoms with E-state index in [-0.39, 0.29) is 13.2 Å². The highest BCUT2D eigenvalue weighted by Gasteiger charge is 2.15. The Morgan fingerprint density at radius 3 is 2.17 bits per heavy atom. The van der Waals surface area contributed by atoms with Crippen molar-refractivity contribution in [2.45, 2.75) is 6.54 Å². The predicted octanol–water partition coefficient (Wildman–Crippen LogP) is 3.34. The monoisotopic (exact) mass is 409 g/mol. The van der Waals surface area contributed by atoms with Gasteiger partial charge >= 0.3 is 5.97 Å². The van der Waals surface area contributed by atoms with E-state index in [0.717, 1.165) is 10.9 Å². The number of nitrogens with one attached hydrogen (secondary N) is 1. The van der Waals surface area contributed by atoms with E-state index in [1.54, 1.807) is 45.6 Å². The van der Waals surface area contributed by atoms with Crippen molar-refractivity contribution >= 4 is 22.6 Å². The zero-order valence-electron chi connectivity index (χ0n) is 17.1. The van der Waals surface area contributed by atoms with Gasteiger partial charge in [0.05, 0.1) is 26.9 Å². The Labute approximate surface area is 174 Å². The lowest BCUT2D eigenvalue weighted by atomic mass is 10.0. The summed E-state index contributed by atoms with van der Waals surface area (Å²) in [5, 5.41) is 4.22. The maximum absolute atomic E-state index is 12.5. The molecule has 0 radical (unpaired) electrons. The maximum Gasteiger partial charge on any atom is 0.339 e. The molecule has 0 aliphatic rings. The Bertz CT molecular complexity index is 1060. The van der Waals surface area contributed by atoms with Gasteiger partial charge in [0.15, 0.2) is 18.1 Å². The summed E-state index contributed by atoms with van der Waals surface area (Å²) in [5.74, 6) is 0.858.